The van der Waals surface area contributed by atoms with Crippen molar-refractivity contribution in [2.45, 2.75) is 31.0 Å². The molecule has 3 aromatic rings. The predicted octanol–water partition coefficient (Wildman–Crippen LogP) is 4.08. The highest BCUT2D eigenvalue weighted by atomic mass is 15.8. The van der Waals surface area contributed by atoms with Crippen LogP contribution in [-0.2, 0) is 6.42 Å². The normalized spacial score (nSPS) is 21.1. The van der Waals surface area contributed by atoms with Gasteiger partial charge in [0.2, 0.25) is 0 Å². The first-order valence-corrected chi connectivity index (χ1v) is 10.8. The van der Waals surface area contributed by atoms with E-state index in [-0.39, 0.29) is 22.8 Å². The molecule has 0 saturated carbocycles. The highest BCUT2D eigenvalue weighted by Gasteiger charge is 2.53. The topological polar surface area (TPSA) is 52.0 Å². The minimum atomic E-state index is -0.00328. The van der Waals surface area contributed by atoms with Crippen LogP contribution in [0.3, 0.4) is 0 Å². The summed E-state index contributed by atoms with van der Waals surface area (Å²) in [6.45, 7) is 0. The third kappa shape index (κ3) is 2.83. The van der Waals surface area contributed by atoms with Crippen molar-refractivity contribution in [2.24, 2.45) is 11.7 Å². The molecule has 4 heteroatoms. The SMILES string of the molecule is C[N+](N)(N)C1CCc2ccccc2C1[N+](C)(C)C1c2ccccc2-c2ccccc21. The van der Waals surface area contributed by atoms with E-state index in [2.05, 4.69) is 86.9 Å². The summed E-state index contributed by atoms with van der Waals surface area (Å²) < 4.78 is 0.786. The van der Waals surface area contributed by atoms with Crippen LogP contribution in [0.25, 0.3) is 11.1 Å². The van der Waals surface area contributed by atoms with Gasteiger partial charge >= 0.3 is 0 Å². The van der Waals surface area contributed by atoms with Crippen molar-refractivity contribution < 1.29 is 9.18 Å². The summed E-state index contributed by atoms with van der Waals surface area (Å²) in [5.41, 5.74) is 8.31. The first-order valence-electron chi connectivity index (χ1n) is 10.8. The van der Waals surface area contributed by atoms with Gasteiger partial charge in [-0.15, -0.1) is 0 Å². The number of aryl methyl sites for hydroxylation is 1. The second-order valence-corrected chi connectivity index (χ2v) is 9.68. The van der Waals surface area contributed by atoms with Crippen LogP contribution in [0.2, 0.25) is 0 Å². The van der Waals surface area contributed by atoms with E-state index >= 15 is 0 Å². The molecule has 4 nitrogen and oxygen atoms in total. The van der Waals surface area contributed by atoms with Crippen molar-refractivity contribution in [2.75, 3.05) is 21.1 Å². The van der Waals surface area contributed by atoms with Crippen LogP contribution < -0.4 is 11.7 Å². The molecule has 5 rings (SSSR count). The largest absolute Gasteiger partial charge is 0.307 e. The number of benzene rings is 3. The minimum Gasteiger partial charge on any atom is -0.307 e. The number of nitrogens with zero attached hydrogens (tertiary/aromatic N) is 2. The van der Waals surface area contributed by atoms with E-state index < -0.39 is 0 Å². The number of likely N-dealkylation sites (N-methyl/N-ethyl adjacent to an activating group) is 2. The van der Waals surface area contributed by atoms with Crippen molar-refractivity contribution in [1.29, 1.82) is 0 Å². The third-order valence-corrected chi connectivity index (χ3v) is 7.35. The molecule has 2 atom stereocenters. The van der Waals surface area contributed by atoms with Crippen molar-refractivity contribution in [1.82, 2.24) is 0 Å². The van der Waals surface area contributed by atoms with Gasteiger partial charge in [-0.25, -0.2) is 0 Å². The van der Waals surface area contributed by atoms with Crippen LogP contribution >= 0.6 is 0 Å². The van der Waals surface area contributed by atoms with Gasteiger partial charge in [-0.3, -0.25) is 0 Å². The van der Waals surface area contributed by atoms with Gasteiger partial charge in [0.1, 0.15) is 13.1 Å². The summed E-state index contributed by atoms with van der Waals surface area (Å²) in [6.07, 6.45) is 2.01. The Morgan fingerprint density at radius 1 is 0.700 bits per heavy atom. The van der Waals surface area contributed by atoms with E-state index in [1.165, 1.54) is 33.4 Å². The lowest BCUT2D eigenvalue weighted by atomic mass is 9.80. The van der Waals surface area contributed by atoms with Crippen LogP contribution in [0.1, 0.15) is 40.8 Å². The van der Waals surface area contributed by atoms with E-state index in [9.17, 15) is 0 Å². The van der Waals surface area contributed by atoms with E-state index in [4.69, 9.17) is 11.7 Å². The maximum atomic E-state index is 6.55. The lowest BCUT2D eigenvalue weighted by Gasteiger charge is -2.50. The van der Waals surface area contributed by atoms with Gasteiger partial charge in [0.05, 0.1) is 14.1 Å². The molecule has 30 heavy (non-hydrogen) atoms. The van der Waals surface area contributed by atoms with Crippen LogP contribution in [0.4, 0.5) is 0 Å². The van der Waals surface area contributed by atoms with Gasteiger partial charge in [-0.05, 0) is 23.1 Å². The number of fused-ring (bicyclic) bond motifs is 4. The molecule has 0 amide bonds. The Morgan fingerprint density at radius 3 is 1.77 bits per heavy atom. The van der Waals surface area contributed by atoms with Gasteiger partial charge < -0.3 is 4.48 Å². The zero-order valence-electron chi connectivity index (χ0n) is 18.1. The molecule has 154 valence electrons. The third-order valence-electron chi connectivity index (χ3n) is 7.35. The average Bonchev–Trinajstić information content (AvgIpc) is 3.07. The molecule has 0 bridgehead atoms. The molecule has 0 fully saturated rings. The second kappa shape index (κ2) is 6.76. The molecular formula is C26H32N4+2. The molecule has 0 aromatic heterocycles. The summed E-state index contributed by atoms with van der Waals surface area (Å²) >= 11 is 0. The summed E-state index contributed by atoms with van der Waals surface area (Å²) in [4.78, 5) is 0. The van der Waals surface area contributed by atoms with E-state index in [1.807, 2.05) is 7.05 Å². The number of hydrogen-bond donors (Lipinski definition) is 2. The van der Waals surface area contributed by atoms with Crippen molar-refractivity contribution in [3.63, 3.8) is 0 Å². The monoisotopic (exact) mass is 400 g/mol. The molecule has 0 saturated heterocycles. The Labute approximate surface area is 179 Å². The number of rotatable bonds is 3. The lowest BCUT2D eigenvalue weighted by Crippen LogP contribution is -2.69. The Kier molecular flexibility index (Phi) is 4.38. The van der Waals surface area contributed by atoms with E-state index in [0.717, 1.165) is 17.3 Å². The zero-order valence-corrected chi connectivity index (χ0v) is 18.1. The van der Waals surface area contributed by atoms with Crippen LogP contribution in [0, 0.1) is 0 Å². The number of hydrogen-bond acceptors (Lipinski definition) is 2. The van der Waals surface area contributed by atoms with Gasteiger partial charge in [-0.1, -0.05) is 72.8 Å². The molecule has 0 radical (unpaired) electrons. The molecule has 0 heterocycles. The Balaban J connectivity index is 1.72. The van der Waals surface area contributed by atoms with E-state index in [0.29, 0.717) is 0 Å². The molecule has 3 aromatic carbocycles. The maximum Gasteiger partial charge on any atom is 0.181 e. The van der Waals surface area contributed by atoms with Crippen molar-refractivity contribution >= 4 is 0 Å². The second-order valence-electron chi connectivity index (χ2n) is 9.68. The smallest absolute Gasteiger partial charge is 0.181 e. The van der Waals surface area contributed by atoms with Crippen LogP contribution in [-0.4, -0.2) is 36.4 Å². The molecular weight excluding hydrogens is 368 g/mol. The van der Waals surface area contributed by atoms with Gasteiger partial charge in [-0.2, -0.15) is 16.4 Å². The summed E-state index contributed by atoms with van der Waals surface area (Å²) in [7, 11) is 6.65. The Bertz CT molecular complexity index is 1050. The Morgan fingerprint density at radius 2 is 1.20 bits per heavy atom. The molecule has 4 N–H and O–H groups in total. The summed E-state index contributed by atoms with van der Waals surface area (Å²) in [5.74, 6) is 13.1. The molecule has 2 unspecified atom stereocenters. The molecule has 0 spiro atoms. The highest BCUT2D eigenvalue weighted by molar-refractivity contribution is 5.78. The van der Waals surface area contributed by atoms with Crippen molar-refractivity contribution in [3.05, 3.63) is 95.1 Å². The lowest BCUT2D eigenvalue weighted by molar-refractivity contribution is -1.02. The quantitative estimate of drug-likeness (QED) is 0.395. The van der Waals surface area contributed by atoms with Crippen LogP contribution in [0.15, 0.2) is 72.8 Å². The fourth-order valence-electron chi connectivity index (χ4n) is 6.11. The standard InChI is InChI=1S/C26H32N4/c1-29(2,25-22-14-8-6-12-20(22)21-13-7-9-15-23(21)25)26-19-11-5-4-10-18(19)16-17-24(26)30(3,27)28/h4-15,24-26H,16-17,27-28H2,1-3H3/q+2. The van der Waals surface area contributed by atoms with Crippen molar-refractivity contribution in [3.8, 4) is 11.1 Å². The predicted molar refractivity (Wildman–Crippen MR) is 122 cm³/mol. The fraction of sp³-hybridized carbons (Fsp3) is 0.308. The van der Waals surface area contributed by atoms with Gasteiger partial charge in [0.15, 0.2) is 12.1 Å². The number of quaternary nitrogens is 2. The average molecular weight is 401 g/mol. The highest BCUT2D eigenvalue weighted by Crippen LogP contribution is 2.53. The summed E-state index contributed by atoms with van der Waals surface area (Å²) in [5, 5.41) is 0. The Hall–Kier alpha value is -2.50. The first kappa shape index (κ1) is 19.5. The molecule has 0 aliphatic heterocycles. The molecule has 2 aliphatic carbocycles. The van der Waals surface area contributed by atoms with Crippen LogP contribution in [0.5, 0.6) is 0 Å². The van der Waals surface area contributed by atoms with E-state index in [1.54, 1.807) is 0 Å². The number of nitrogens with two attached hydrogens (primary N) is 2. The maximum absolute atomic E-state index is 6.55. The minimum absolute atomic E-state index is 0.00328. The zero-order chi connectivity index (χ0) is 21.1. The first-order chi connectivity index (χ1) is 14.3. The van der Waals surface area contributed by atoms with Gasteiger partial charge in [0, 0.05) is 23.1 Å². The van der Waals surface area contributed by atoms with Gasteiger partial charge in [0.25, 0.3) is 0 Å². The summed E-state index contributed by atoms with van der Waals surface area (Å²) in [6, 6.07) is 27.1. The molecule has 2 aliphatic rings. The fourth-order valence-corrected chi connectivity index (χ4v) is 6.11.